The Hall–Kier alpha value is -0.610. The highest BCUT2D eigenvalue weighted by Gasteiger charge is 2.23. The molecular formula is C10H22N2O2. The minimum atomic E-state index is -0.506. The number of carbonyl (C=O) groups excluding carboxylic acids is 1. The van der Waals surface area contributed by atoms with E-state index in [2.05, 4.69) is 0 Å². The van der Waals surface area contributed by atoms with Crippen LogP contribution in [0.3, 0.4) is 0 Å². The number of carbonyl (C=O) groups is 1. The maximum Gasteiger partial charge on any atom is 0.239 e. The molecule has 0 aliphatic carbocycles. The maximum absolute atomic E-state index is 11.7. The van der Waals surface area contributed by atoms with E-state index in [4.69, 9.17) is 10.8 Å². The van der Waals surface area contributed by atoms with E-state index in [1.807, 2.05) is 13.8 Å². The Bertz CT molecular complexity index is 183. The number of rotatable bonds is 5. The van der Waals surface area contributed by atoms with Crippen LogP contribution in [0.1, 0.15) is 27.2 Å². The van der Waals surface area contributed by atoms with Gasteiger partial charge in [-0.25, -0.2) is 0 Å². The number of amides is 1. The monoisotopic (exact) mass is 202 g/mol. The molecule has 0 aromatic rings. The third-order valence-corrected chi connectivity index (χ3v) is 2.46. The van der Waals surface area contributed by atoms with Crippen LogP contribution in [0.5, 0.6) is 0 Å². The topological polar surface area (TPSA) is 66.6 Å². The molecule has 0 fully saturated rings. The van der Waals surface area contributed by atoms with E-state index in [0.717, 1.165) is 6.42 Å². The molecule has 84 valence electrons. The Kier molecular flexibility index (Phi) is 5.72. The van der Waals surface area contributed by atoms with Crippen LogP contribution in [0, 0.1) is 5.92 Å². The van der Waals surface area contributed by atoms with Gasteiger partial charge in [0.15, 0.2) is 0 Å². The second-order valence-electron chi connectivity index (χ2n) is 3.98. The third kappa shape index (κ3) is 4.07. The summed E-state index contributed by atoms with van der Waals surface area (Å²) in [6, 6.07) is -0.455. The van der Waals surface area contributed by atoms with E-state index in [0.29, 0.717) is 6.54 Å². The van der Waals surface area contributed by atoms with Crippen molar-refractivity contribution in [2.75, 3.05) is 13.6 Å². The van der Waals surface area contributed by atoms with Crippen molar-refractivity contribution in [1.82, 2.24) is 4.90 Å². The molecule has 3 atom stereocenters. The molecule has 4 heteroatoms. The van der Waals surface area contributed by atoms with Crippen LogP contribution < -0.4 is 5.73 Å². The summed E-state index contributed by atoms with van der Waals surface area (Å²) in [6.45, 7) is 5.95. The maximum atomic E-state index is 11.7. The molecule has 0 heterocycles. The van der Waals surface area contributed by atoms with E-state index >= 15 is 0 Å². The van der Waals surface area contributed by atoms with Crippen molar-refractivity contribution in [1.29, 1.82) is 0 Å². The molecule has 0 aromatic heterocycles. The van der Waals surface area contributed by atoms with Crippen molar-refractivity contribution in [3.63, 3.8) is 0 Å². The van der Waals surface area contributed by atoms with Gasteiger partial charge in [0.25, 0.3) is 0 Å². The summed E-state index contributed by atoms with van der Waals surface area (Å²) in [5, 5.41) is 9.11. The van der Waals surface area contributed by atoms with Crippen LogP contribution in [-0.2, 0) is 4.79 Å². The summed E-state index contributed by atoms with van der Waals surface area (Å²) in [5.74, 6) is 0.0826. The molecule has 4 nitrogen and oxygen atoms in total. The fraction of sp³-hybridized carbons (Fsp3) is 0.900. The summed E-state index contributed by atoms with van der Waals surface area (Å²) >= 11 is 0. The SMILES string of the molecule is CCC(C)C(N)C(=O)N(C)CC(C)O. The Labute approximate surface area is 86.1 Å². The molecule has 0 saturated heterocycles. The summed E-state index contributed by atoms with van der Waals surface area (Å²) in [4.78, 5) is 13.2. The van der Waals surface area contributed by atoms with Crippen LogP contribution in [0.25, 0.3) is 0 Å². The van der Waals surface area contributed by atoms with Crippen molar-refractivity contribution < 1.29 is 9.90 Å². The lowest BCUT2D eigenvalue weighted by atomic mass is 9.99. The Morgan fingerprint density at radius 1 is 1.50 bits per heavy atom. The highest BCUT2D eigenvalue weighted by Crippen LogP contribution is 2.07. The smallest absolute Gasteiger partial charge is 0.239 e. The quantitative estimate of drug-likeness (QED) is 0.669. The van der Waals surface area contributed by atoms with Crippen LogP contribution in [-0.4, -0.2) is 41.7 Å². The van der Waals surface area contributed by atoms with E-state index in [1.165, 1.54) is 4.90 Å². The van der Waals surface area contributed by atoms with Crippen molar-refractivity contribution >= 4 is 5.91 Å². The Morgan fingerprint density at radius 2 is 2.00 bits per heavy atom. The fourth-order valence-electron chi connectivity index (χ4n) is 1.24. The van der Waals surface area contributed by atoms with Crippen LogP contribution in [0.15, 0.2) is 0 Å². The number of aliphatic hydroxyl groups is 1. The normalized spacial score (nSPS) is 17.3. The lowest BCUT2D eigenvalue weighted by molar-refractivity contribution is -0.133. The largest absolute Gasteiger partial charge is 0.392 e. The van der Waals surface area contributed by atoms with Gasteiger partial charge in [-0.2, -0.15) is 0 Å². The van der Waals surface area contributed by atoms with Crippen molar-refractivity contribution in [3.8, 4) is 0 Å². The minimum Gasteiger partial charge on any atom is -0.392 e. The van der Waals surface area contributed by atoms with Gasteiger partial charge in [0.05, 0.1) is 12.1 Å². The average Bonchev–Trinajstić information content (AvgIpc) is 2.13. The Morgan fingerprint density at radius 3 is 2.36 bits per heavy atom. The van der Waals surface area contributed by atoms with Gasteiger partial charge in [0, 0.05) is 13.6 Å². The molecule has 1 amide bonds. The number of nitrogens with two attached hydrogens (primary N) is 1. The predicted octanol–water partition coefficient (Wildman–Crippen LogP) is 0.199. The summed E-state index contributed by atoms with van der Waals surface area (Å²) in [7, 11) is 1.66. The number of likely N-dealkylation sites (N-methyl/N-ethyl adjacent to an activating group) is 1. The Balaban J connectivity index is 4.17. The first-order valence-electron chi connectivity index (χ1n) is 5.08. The van der Waals surface area contributed by atoms with Gasteiger partial charge < -0.3 is 15.7 Å². The first kappa shape index (κ1) is 13.4. The second-order valence-corrected chi connectivity index (χ2v) is 3.98. The van der Waals surface area contributed by atoms with Gasteiger partial charge in [0.2, 0.25) is 5.91 Å². The van der Waals surface area contributed by atoms with E-state index < -0.39 is 12.1 Å². The summed E-state index contributed by atoms with van der Waals surface area (Å²) in [5.41, 5.74) is 5.78. The van der Waals surface area contributed by atoms with E-state index in [9.17, 15) is 4.79 Å². The van der Waals surface area contributed by atoms with Crippen LogP contribution in [0.2, 0.25) is 0 Å². The molecule has 0 spiro atoms. The number of nitrogens with zero attached hydrogens (tertiary/aromatic N) is 1. The molecule has 0 aliphatic heterocycles. The molecule has 0 bridgehead atoms. The first-order valence-corrected chi connectivity index (χ1v) is 5.08. The van der Waals surface area contributed by atoms with E-state index in [1.54, 1.807) is 14.0 Å². The van der Waals surface area contributed by atoms with E-state index in [-0.39, 0.29) is 11.8 Å². The molecule has 0 radical (unpaired) electrons. The van der Waals surface area contributed by atoms with Crippen LogP contribution in [0.4, 0.5) is 0 Å². The van der Waals surface area contributed by atoms with Gasteiger partial charge in [0.1, 0.15) is 0 Å². The predicted molar refractivity (Wildman–Crippen MR) is 56.7 cm³/mol. The highest BCUT2D eigenvalue weighted by atomic mass is 16.3. The van der Waals surface area contributed by atoms with Gasteiger partial charge in [-0.3, -0.25) is 4.79 Å². The lowest BCUT2D eigenvalue weighted by Crippen LogP contribution is -2.47. The summed E-state index contributed by atoms with van der Waals surface area (Å²) < 4.78 is 0. The van der Waals surface area contributed by atoms with Gasteiger partial charge in [-0.05, 0) is 12.8 Å². The second kappa shape index (κ2) is 5.98. The van der Waals surface area contributed by atoms with Crippen LogP contribution >= 0.6 is 0 Å². The van der Waals surface area contributed by atoms with Gasteiger partial charge in [-0.15, -0.1) is 0 Å². The standard InChI is InChI=1S/C10H22N2O2/c1-5-7(2)9(11)10(14)12(4)6-8(3)13/h7-9,13H,5-6,11H2,1-4H3. The van der Waals surface area contributed by atoms with Crippen molar-refractivity contribution in [2.45, 2.75) is 39.3 Å². The molecule has 0 aliphatic rings. The molecule has 14 heavy (non-hydrogen) atoms. The first-order chi connectivity index (χ1) is 6.40. The molecule has 0 rings (SSSR count). The number of hydrogen-bond acceptors (Lipinski definition) is 3. The van der Waals surface area contributed by atoms with Gasteiger partial charge in [-0.1, -0.05) is 20.3 Å². The zero-order chi connectivity index (χ0) is 11.3. The zero-order valence-electron chi connectivity index (χ0n) is 9.53. The molecule has 3 N–H and O–H groups in total. The fourth-order valence-corrected chi connectivity index (χ4v) is 1.24. The molecule has 0 aromatic carbocycles. The summed E-state index contributed by atoms with van der Waals surface area (Å²) in [6.07, 6.45) is 0.378. The zero-order valence-corrected chi connectivity index (χ0v) is 9.53. The van der Waals surface area contributed by atoms with Gasteiger partial charge >= 0.3 is 0 Å². The average molecular weight is 202 g/mol. The highest BCUT2D eigenvalue weighted by molar-refractivity contribution is 5.81. The number of hydrogen-bond donors (Lipinski definition) is 2. The lowest BCUT2D eigenvalue weighted by Gasteiger charge is -2.25. The van der Waals surface area contributed by atoms with Crippen molar-refractivity contribution in [3.05, 3.63) is 0 Å². The molecule has 0 saturated carbocycles. The molecular weight excluding hydrogens is 180 g/mol. The minimum absolute atomic E-state index is 0.0970. The third-order valence-electron chi connectivity index (χ3n) is 2.46. The molecule has 3 unspecified atom stereocenters. The number of aliphatic hydroxyl groups excluding tert-OH is 1. The van der Waals surface area contributed by atoms with Crippen molar-refractivity contribution in [2.24, 2.45) is 11.7 Å².